The van der Waals surface area contributed by atoms with Gasteiger partial charge in [0.05, 0.1) is 0 Å². The lowest BCUT2D eigenvalue weighted by Gasteiger charge is -1.99. The summed E-state index contributed by atoms with van der Waals surface area (Å²) in [6.45, 7) is 0. The highest BCUT2D eigenvalue weighted by Gasteiger charge is 2.07. The third-order valence-corrected chi connectivity index (χ3v) is 6.87. The van der Waals surface area contributed by atoms with Crippen molar-refractivity contribution in [2.75, 3.05) is 10.7 Å². The molecule has 0 spiro atoms. The highest BCUT2D eigenvalue weighted by atomic mass is 79.9. The van der Waals surface area contributed by atoms with E-state index in [1.54, 1.807) is 0 Å². The van der Waals surface area contributed by atoms with Crippen LogP contribution in [0.2, 0.25) is 0 Å². The Balaban J connectivity index is 1.74. The van der Waals surface area contributed by atoms with Gasteiger partial charge >= 0.3 is 0 Å². The van der Waals surface area contributed by atoms with Gasteiger partial charge < -0.3 is 19.9 Å². The summed E-state index contributed by atoms with van der Waals surface area (Å²) >= 11 is 7.17. The molecule has 0 radical (unpaired) electrons. The van der Waals surface area contributed by atoms with Crippen LogP contribution in [0.1, 0.15) is 46.7 Å². The Kier molecular flexibility index (Phi) is 6.42. The zero-order chi connectivity index (χ0) is 21.9. The average molecular weight is 554 g/mol. The number of hydrogen-bond acceptors (Lipinski definition) is 0. The van der Waals surface area contributed by atoms with Gasteiger partial charge in [-0.3, -0.25) is 0 Å². The van der Waals surface area contributed by atoms with Gasteiger partial charge in [0.25, 0.3) is 0 Å². The second-order valence-corrected chi connectivity index (χ2v) is 9.81. The Bertz CT molecular complexity index is 1460. The minimum atomic E-state index is 1.00. The van der Waals surface area contributed by atoms with E-state index < -0.39 is 0 Å². The van der Waals surface area contributed by atoms with E-state index in [1.165, 1.54) is 22.2 Å². The van der Waals surface area contributed by atoms with E-state index in [2.05, 4.69) is 112 Å². The molecular weight excluding hydrogens is 528 g/mol. The quantitative estimate of drug-likeness (QED) is 0.233. The first-order valence-electron chi connectivity index (χ1n) is 11.0. The fourth-order valence-electron chi connectivity index (χ4n) is 4.26. The SMILES string of the molecule is BrCCCc1cc2[nH]c1C=c1[nH]c(cc1CCCBr)=Cc1ccc([nH]1)C=c1ccc([nH]1)=C2. The summed E-state index contributed by atoms with van der Waals surface area (Å²) < 4.78 is 0. The number of aromatic amines is 4. The average Bonchev–Trinajstić information content (AvgIpc) is 3.55. The standard InChI is InChI=1S/C26H26Br2N4/c27-9-1-3-17-11-23-14-21-7-5-19(29-21)13-20-6-8-22(30-20)15-24-12-18(4-2-10-28)26(32-24)16-25(17)31-23/h5-8,11-16,29-32H,1-4,9-10H2. The van der Waals surface area contributed by atoms with Crippen molar-refractivity contribution in [3.05, 3.63) is 91.7 Å². The van der Waals surface area contributed by atoms with E-state index in [0.717, 1.165) is 69.5 Å². The molecule has 1 aliphatic heterocycles. The lowest BCUT2D eigenvalue weighted by molar-refractivity contribution is 0.929. The topological polar surface area (TPSA) is 63.2 Å². The maximum absolute atomic E-state index is 3.65. The molecule has 4 N–H and O–H groups in total. The van der Waals surface area contributed by atoms with E-state index in [0.29, 0.717) is 0 Å². The molecule has 4 aromatic heterocycles. The summed E-state index contributed by atoms with van der Waals surface area (Å²) in [5.41, 5.74) is 7.15. The number of H-pyrrole nitrogens is 4. The van der Waals surface area contributed by atoms with Crippen LogP contribution in [-0.2, 0) is 12.8 Å². The zero-order valence-corrected chi connectivity index (χ0v) is 20.9. The minimum Gasteiger partial charge on any atom is -0.355 e. The maximum atomic E-state index is 3.65. The summed E-state index contributed by atoms with van der Waals surface area (Å²) in [4.78, 5) is 14.3. The Labute approximate surface area is 203 Å². The number of alkyl halides is 2. The van der Waals surface area contributed by atoms with Crippen LogP contribution >= 0.6 is 31.9 Å². The van der Waals surface area contributed by atoms with Crippen LogP contribution < -0.4 is 21.4 Å². The van der Waals surface area contributed by atoms with Crippen molar-refractivity contribution in [3.8, 4) is 0 Å². The molecule has 5 heterocycles. The molecule has 0 saturated carbocycles. The molecule has 6 heteroatoms. The van der Waals surface area contributed by atoms with Crippen LogP contribution in [0.25, 0.3) is 24.3 Å². The summed E-state index contributed by atoms with van der Waals surface area (Å²) in [6, 6.07) is 13.0. The maximum Gasteiger partial charge on any atom is 0.0438 e. The van der Waals surface area contributed by atoms with Crippen LogP contribution in [0.5, 0.6) is 0 Å². The normalized spacial score (nSPS) is 12.6. The lowest BCUT2D eigenvalue weighted by Crippen LogP contribution is -2.13. The monoisotopic (exact) mass is 552 g/mol. The first-order valence-corrected chi connectivity index (χ1v) is 13.3. The van der Waals surface area contributed by atoms with Gasteiger partial charge in [-0.25, -0.2) is 0 Å². The summed E-state index contributed by atoms with van der Waals surface area (Å²) in [7, 11) is 0. The molecule has 0 atom stereocenters. The Morgan fingerprint density at radius 1 is 0.562 bits per heavy atom. The Hall–Kier alpha value is -2.44. The van der Waals surface area contributed by atoms with Crippen molar-refractivity contribution in [1.29, 1.82) is 0 Å². The molecule has 1 aliphatic rings. The van der Waals surface area contributed by atoms with Crippen molar-refractivity contribution in [3.63, 3.8) is 0 Å². The van der Waals surface area contributed by atoms with E-state index in [9.17, 15) is 0 Å². The molecule has 8 bridgehead atoms. The van der Waals surface area contributed by atoms with E-state index in [4.69, 9.17) is 0 Å². The fraction of sp³-hybridized carbons (Fsp3) is 0.231. The Morgan fingerprint density at radius 2 is 1.22 bits per heavy atom. The fourth-order valence-corrected chi connectivity index (χ4v) is 4.82. The van der Waals surface area contributed by atoms with Crippen LogP contribution in [0.3, 0.4) is 0 Å². The van der Waals surface area contributed by atoms with Crippen molar-refractivity contribution >= 4 is 56.2 Å². The van der Waals surface area contributed by atoms with E-state index in [1.807, 2.05) is 0 Å². The molecule has 0 unspecified atom stereocenters. The molecular formula is C26H26Br2N4. The van der Waals surface area contributed by atoms with Gasteiger partial charge in [0, 0.05) is 54.8 Å². The number of fused-ring (bicyclic) bond motifs is 8. The van der Waals surface area contributed by atoms with Crippen molar-refractivity contribution < 1.29 is 0 Å². The number of halogens is 2. The molecule has 0 amide bonds. The predicted octanol–water partition coefficient (Wildman–Crippen LogP) is 3.28. The van der Waals surface area contributed by atoms with Gasteiger partial charge in [0.1, 0.15) is 0 Å². The number of nitrogens with one attached hydrogen (secondary N) is 4. The van der Waals surface area contributed by atoms with Gasteiger partial charge in [-0.1, -0.05) is 31.9 Å². The van der Waals surface area contributed by atoms with Crippen molar-refractivity contribution in [1.82, 2.24) is 19.9 Å². The molecule has 32 heavy (non-hydrogen) atoms. The molecule has 0 fully saturated rings. The summed E-state index contributed by atoms with van der Waals surface area (Å²) in [5.74, 6) is 0. The molecule has 0 saturated heterocycles. The van der Waals surface area contributed by atoms with Crippen LogP contribution in [-0.4, -0.2) is 30.6 Å². The highest BCUT2D eigenvalue weighted by Crippen LogP contribution is 2.16. The molecule has 164 valence electrons. The number of rotatable bonds is 6. The first-order chi connectivity index (χ1) is 15.7. The lowest BCUT2D eigenvalue weighted by atomic mass is 10.1. The highest BCUT2D eigenvalue weighted by molar-refractivity contribution is 9.09. The predicted molar refractivity (Wildman–Crippen MR) is 140 cm³/mol. The minimum absolute atomic E-state index is 1.00. The van der Waals surface area contributed by atoms with Crippen LogP contribution in [0.15, 0.2) is 36.4 Å². The second-order valence-electron chi connectivity index (χ2n) is 8.23. The van der Waals surface area contributed by atoms with E-state index >= 15 is 0 Å². The van der Waals surface area contributed by atoms with Crippen LogP contribution in [0, 0.1) is 0 Å². The van der Waals surface area contributed by atoms with Gasteiger partial charge in [-0.15, -0.1) is 0 Å². The molecule has 4 aromatic rings. The summed E-state index contributed by atoms with van der Waals surface area (Å²) in [6.07, 6.45) is 13.1. The van der Waals surface area contributed by atoms with Crippen molar-refractivity contribution in [2.45, 2.75) is 25.7 Å². The van der Waals surface area contributed by atoms with Crippen LogP contribution in [0.4, 0.5) is 0 Å². The molecule has 0 aromatic carbocycles. The van der Waals surface area contributed by atoms with Gasteiger partial charge in [-0.05, 0) is 97.5 Å². The smallest absolute Gasteiger partial charge is 0.0438 e. The number of aromatic nitrogens is 4. The Morgan fingerprint density at radius 3 is 1.94 bits per heavy atom. The molecule has 4 nitrogen and oxygen atoms in total. The van der Waals surface area contributed by atoms with Gasteiger partial charge in [0.15, 0.2) is 0 Å². The van der Waals surface area contributed by atoms with Gasteiger partial charge in [0.2, 0.25) is 0 Å². The largest absolute Gasteiger partial charge is 0.355 e. The zero-order valence-electron chi connectivity index (χ0n) is 17.8. The van der Waals surface area contributed by atoms with E-state index in [-0.39, 0.29) is 0 Å². The molecule has 5 rings (SSSR count). The third-order valence-electron chi connectivity index (χ3n) is 5.75. The number of aryl methyl sites for hydroxylation is 2. The molecule has 0 aliphatic carbocycles. The number of hydrogen-bond donors (Lipinski definition) is 4. The second kappa shape index (κ2) is 9.59. The van der Waals surface area contributed by atoms with Crippen molar-refractivity contribution in [2.24, 2.45) is 0 Å². The summed E-state index contributed by atoms with van der Waals surface area (Å²) in [5, 5.41) is 6.46. The van der Waals surface area contributed by atoms with Gasteiger partial charge in [-0.2, -0.15) is 0 Å². The third kappa shape index (κ3) is 4.81. The first kappa shape index (κ1) is 21.4.